The van der Waals surface area contributed by atoms with Crippen LogP contribution in [0, 0.1) is 5.92 Å². The third kappa shape index (κ3) is 3.93. The monoisotopic (exact) mass is 363 g/mol. The van der Waals surface area contributed by atoms with Gasteiger partial charge in [-0.2, -0.15) is 0 Å². The second-order valence-electron chi connectivity index (χ2n) is 7.79. The highest BCUT2D eigenvalue weighted by Crippen LogP contribution is 2.38. The van der Waals surface area contributed by atoms with Gasteiger partial charge in [0.2, 0.25) is 0 Å². The molecule has 0 bridgehead atoms. The van der Waals surface area contributed by atoms with Crippen LogP contribution in [0.3, 0.4) is 0 Å². The van der Waals surface area contributed by atoms with E-state index in [2.05, 4.69) is 53.4 Å². The number of benzene rings is 2. The van der Waals surface area contributed by atoms with Gasteiger partial charge < -0.3 is 4.74 Å². The zero-order chi connectivity index (χ0) is 18.6. The maximum atomic E-state index is 11.8. The summed E-state index contributed by atoms with van der Waals surface area (Å²) >= 11 is 0. The summed E-state index contributed by atoms with van der Waals surface area (Å²) in [7, 11) is 0. The molecule has 0 unspecified atom stereocenters. The van der Waals surface area contributed by atoms with Crippen molar-refractivity contribution in [1.82, 2.24) is 4.90 Å². The van der Waals surface area contributed by atoms with E-state index in [9.17, 15) is 4.79 Å². The average molecular weight is 364 g/mol. The molecule has 0 aromatic heterocycles. The fourth-order valence-corrected chi connectivity index (χ4v) is 4.76. The lowest BCUT2D eigenvalue weighted by Crippen LogP contribution is -2.38. The van der Waals surface area contributed by atoms with E-state index < -0.39 is 0 Å². The summed E-state index contributed by atoms with van der Waals surface area (Å²) in [5.74, 6) is 0.415. The normalized spacial score (nSPS) is 18.4. The van der Waals surface area contributed by atoms with Crippen LogP contribution in [0.4, 0.5) is 0 Å². The topological polar surface area (TPSA) is 29.5 Å². The molecule has 0 spiro atoms. The van der Waals surface area contributed by atoms with Crippen LogP contribution >= 0.6 is 0 Å². The average Bonchev–Trinajstić information content (AvgIpc) is 2.86. The molecule has 0 radical (unpaired) electrons. The standard InChI is InChI=1S/C24H29NO2/c1-2-27-23(26)17-18-13-15-25(16-14-18)24-21-9-5-3-7-19(21)11-12-20-8-4-6-10-22(20)24/h3-10,18,24H,2,11-17H2,1H3. The third-order valence-electron chi connectivity index (χ3n) is 6.14. The van der Waals surface area contributed by atoms with Gasteiger partial charge in [0.05, 0.1) is 12.6 Å². The van der Waals surface area contributed by atoms with Crippen molar-refractivity contribution in [3.8, 4) is 0 Å². The summed E-state index contributed by atoms with van der Waals surface area (Å²) < 4.78 is 5.14. The van der Waals surface area contributed by atoms with E-state index in [0.717, 1.165) is 38.8 Å². The van der Waals surface area contributed by atoms with Crippen LogP contribution < -0.4 is 0 Å². The van der Waals surface area contributed by atoms with Crippen molar-refractivity contribution < 1.29 is 9.53 Å². The van der Waals surface area contributed by atoms with Crippen molar-refractivity contribution in [1.29, 1.82) is 0 Å². The summed E-state index contributed by atoms with van der Waals surface area (Å²) in [6, 6.07) is 18.2. The van der Waals surface area contributed by atoms with Crippen molar-refractivity contribution in [2.45, 2.75) is 45.1 Å². The molecule has 2 aromatic rings. The Kier molecular flexibility index (Phi) is 5.58. The van der Waals surface area contributed by atoms with Gasteiger partial charge in [-0.25, -0.2) is 0 Å². The Labute approximate surface area is 162 Å². The molecule has 1 saturated heterocycles. The summed E-state index contributed by atoms with van der Waals surface area (Å²) in [6.45, 7) is 4.43. The fraction of sp³-hybridized carbons (Fsp3) is 0.458. The number of aryl methyl sites for hydroxylation is 2. The molecule has 142 valence electrons. The Morgan fingerprint density at radius 3 is 2.07 bits per heavy atom. The van der Waals surface area contributed by atoms with Gasteiger partial charge in [0.15, 0.2) is 0 Å². The number of hydrogen-bond donors (Lipinski definition) is 0. The molecule has 4 rings (SSSR count). The number of carbonyl (C=O) groups excluding carboxylic acids is 1. The minimum atomic E-state index is -0.0406. The Hall–Kier alpha value is -2.13. The molecule has 1 aliphatic carbocycles. The summed E-state index contributed by atoms with van der Waals surface area (Å²) in [6.07, 6.45) is 4.94. The van der Waals surface area contributed by atoms with Gasteiger partial charge in [0, 0.05) is 6.42 Å². The van der Waals surface area contributed by atoms with E-state index in [0.29, 0.717) is 25.0 Å². The molecule has 2 aliphatic rings. The number of likely N-dealkylation sites (tertiary alicyclic amines) is 1. The van der Waals surface area contributed by atoms with E-state index in [1.807, 2.05) is 6.92 Å². The van der Waals surface area contributed by atoms with Gasteiger partial charge in [0.1, 0.15) is 0 Å². The van der Waals surface area contributed by atoms with Gasteiger partial charge in [0.25, 0.3) is 0 Å². The quantitative estimate of drug-likeness (QED) is 0.747. The van der Waals surface area contributed by atoms with Crippen LogP contribution in [0.1, 0.15) is 54.5 Å². The highest BCUT2D eigenvalue weighted by Gasteiger charge is 2.31. The van der Waals surface area contributed by atoms with Gasteiger partial charge in [-0.1, -0.05) is 48.5 Å². The van der Waals surface area contributed by atoms with Crippen molar-refractivity contribution in [2.24, 2.45) is 5.92 Å². The van der Waals surface area contributed by atoms with Crippen molar-refractivity contribution in [2.75, 3.05) is 19.7 Å². The van der Waals surface area contributed by atoms with Gasteiger partial charge in [-0.15, -0.1) is 0 Å². The Bertz CT molecular complexity index is 745. The first kappa shape index (κ1) is 18.2. The number of nitrogens with zero attached hydrogens (tertiary/aromatic N) is 1. The highest BCUT2D eigenvalue weighted by atomic mass is 16.5. The Morgan fingerprint density at radius 1 is 0.963 bits per heavy atom. The second kappa shape index (κ2) is 8.26. The molecular weight excluding hydrogens is 334 g/mol. The number of piperidine rings is 1. The van der Waals surface area contributed by atoms with Gasteiger partial charge in [-0.05, 0) is 73.9 Å². The minimum Gasteiger partial charge on any atom is -0.466 e. The maximum Gasteiger partial charge on any atom is 0.306 e. The van der Waals surface area contributed by atoms with E-state index in [1.165, 1.54) is 22.3 Å². The van der Waals surface area contributed by atoms with Crippen LogP contribution in [0.5, 0.6) is 0 Å². The lowest BCUT2D eigenvalue weighted by Gasteiger charge is -2.38. The number of rotatable bonds is 4. The van der Waals surface area contributed by atoms with E-state index in [1.54, 1.807) is 0 Å². The molecule has 3 nitrogen and oxygen atoms in total. The third-order valence-corrected chi connectivity index (χ3v) is 6.14. The number of carbonyl (C=O) groups is 1. The molecule has 0 amide bonds. The summed E-state index contributed by atoms with van der Waals surface area (Å²) in [5, 5.41) is 0. The molecule has 0 saturated carbocycles. The summed E-state index contributed by atoms with van der Waals surface area (Å²) in [4.78, 5) is 14.5. The summed E-state index contributed by atoms with van der Waals surface area (Å²) in [5.41, 5.74) is 5.89. The molecule has 3 heteroatoms. The van der Waals surface area contributed by atoms with Crippen molar-refractivity contribution in [3.05, 3.63) is 70.8 Å². The zero-order valence-corrected chi connectivity index (χ0v) is 16.2. The lowest BCUT2D eigenvalue weighted by atomic mass is 9.88. The van der Waals surface area contributed by atoms with Crippen molar-refractivity contribution >= 4 is 5.97 Å². The van der Waals surface area contributed by atoms with Crippen molar-refractivity contribution in [3.63, 3.8) is 0 Å². The van der Waals surface area contributed by atoms with Crippen LogP contribution in [-0.4, -0.2) is 30.6 Å². The fourth-order valence-electron chi connectivity index (χ4n) is 4.76. The number of ether oxygens (including phenoxy) is 1. The number of hydrogen-bond acceptors (Lipinski definition) is 3. The van der Waals surface area contributed by atoms with Gasteiger partial charge >= 0.3 is 5.97 Å². The Balaban J connectivity index is 1.56. The second-order valence-corrected chi connectivity index (χ2v) is 7.79. The van der Waals surface area contributed by atoms with E-state index >= 15 is 0 Å². The number of fused-ring (bicyclic) bond motifs is 2. The molecule has 27 heavy (non-hydrogen) atoms. The van der Waals surface area contributed by atoms with E-state index in [4.69, 9.17) is 4.74 Å². The molecule has 0 atom stereocenters. The van der Waals surface area contributed by atoms with Crippen LogP contribution in [-0.2, 0) is 22.4 Å². The predicted molar refractivity (Wildman–Crippen MR) is 108 cm³/mol. The van der Waals surface area contributed by atoms with Gasteiger partial charge in [-0.3, -0.25) is 9.69 Å². The van der Waals surface area contributed by atoms with Crippen LogP contribution in [0.15, 0.2) is 48.5 Å². The molecule has 1 fully saturated rings. The smallest absolute Gasteiger partial charge is 0.306 e. The largest absolute Gasteiger partial charge is 0.466 e. The van der Waals surface area contributed by atoms with Crippen LogP contribution in [0.25, 0.3) is 0 Å². The Morgan fingerprint density at radius 2 is 1.52 bits per heavy atom. The molecule has 1 aliphatic heterocycles. The number of esters is 1. The molecule has 0 N–H and O–H groups in total. The molecular formula is C24H29NO2. The lowest BCUT2D eigenvalue weighted by molar-refractivity contribution is -0.144. The predicted octanol–water partition coefficient (Wildman–Crippen LogP) is 4.54. The first-order valence-corrected chi connectivity index (χ1v) is 10.3. The SMILES string of the molecule is CCOC(=O)CC1CCN(C2c3ccccc3CCc3ccccc32)CC1. The highest BCUT2D eigenvalue weighted by molar-refractivity contribution is 5.69. The first-order valence-electron chi connectivity index (χ1n) is 10.3. The minimum absolute atomic E-state index is 0.0406. The van der Waals surface area contributed by atoms with E-state index in [-0.39, 0.29) is 5.97 Å². The maximum absolute atomic E-state index is 11.8. The molecule has 1 heterocycles. The molecule has 2 aromatic carbocycles. The first-order chi connectivity index (χ1) is 13.3. The van der Waals surface area contributed by atoms with Crippen LogP contribution in [0.2, 0.25) is 0 Å². The zero-order valence-electron chi connectivity index (χ0n) is 16.2.